The molecule has 154 valence electrons. The quantitative estimate of drug-likeness (QED) is 0.808. The predicted molar refractivity (Wildman–Crippen MR) is 111 cm³/mol. The zero-order valence-corrected chi connectivity index (χ0v) is 16.9. The van der Waals surface area contributed by atoms with Crippen LogP contribution in [-0.4, -0.2) is 38.0 Å². The summed E-state index contributed by atoms with van der Waals surface area (Å²) in [5, 5.41) is 13.8. The topological polar surface area (TPSA) is 107 Å². The molecule has 29 heavy (non-hydrogen) atoms. The highest BCUT2D eigenvalue weighted by atomic mass is 16.7. The normalized spacial score (nSPS) is 26.9. The molecule has 2 saturated carbocycles. The highest BCUT2D eigenvalue weighted by Crippen LogP contribution is 2.47. The van der Waals surface area contributed by atoms with Gasteiger partial charge in [0.1, 0.15) is 5.60 Å². The lowest BCUT2D eigenvalue weighted by atomic mass is 9.68. The lowest BCUT2D eigenvalue weighted by Gasteiger charge is -2.40. The van der Waals surface area contributed by atoms with Crippen LogP contribution in [0.15, 0.2) is 17.5 Å². The number of aryl methyl sites for hydroxylation is 1. The molecule has 0 unspecified atom stereocenters. The molecule has 8 nitrogen and oxygen atoms in total. The molecule has 8 heteroatoms. The van der Waals surface area contributed by atoms with E-state index in [4.69, 9.17) is 15.6 Å². The van der Waals surface area contributed by atoms with Crippen LogP contribution < -0.4 is 11.1 Å². The van der Waals surface area contributed by atoms with E-state index in [9.17, 15) is 4.79 Å². The number of hydrogen-bond acceptors (Lipinski definition) is 6. The molecule has 2 aliphatic carbocycles. The first-order valence-corrected chi connectivity index (χ1v) is 10.7. The number of rotatable bonds is 5. The fourth-order valence-corrected chi connectivity index (χ4v) is 5.01. The zero-order chi connectivity index (χ0) is 20.0. The number of aromatic nitrogens is 3. The smallest absolute Gasteiger partial charge is 0.220 e. The Morgan fingerprint density at radius 1 is 1.31 bits per heavy atom. The summed E-state index contributed by atoms with van der Waals surface area (Å²) in [5.74, 6) is -0.352. The van der Waals surface area contributed by atoms with E-state index in [-0.39, 0.29) is 17.4 Å². The van der Waals surface area contributed by atoms with E-state index in [1.54, 1.807) is 0 Å². The molecular formula is C21H28N6O2. The van der Waals surface area contributed by atoms with Crippen LogP contribution in [0.3, 0.4) is 0 Å². The molecule has 1 amide bonds. The maximum atomic E-state index is 11.4. The maximum Gasteiger partial charge on any atom is 0.220 e. The Bertz CT molecular complexity index is 969. The van der Waals surface area contributed by atoms with Crippen LogP contribution in [-0.2, 0) is 16.2 Å². The summed E-state index contributed by atoms with van der Waals surface area (Å²) in [6, 6.07) is 0.456. The molecule has 0 saturated heterocycles. The monoisotopic (exact) mass is 396 g/mol. The predicted octanol–water partition coefficient (Wildman–Crippen LogP) is 2.95. The van der Waals surface area contributed by atoms with Crippen molar-refractivity contribution in [3.05, 3.63) is 18.0 Å². The van der Waals surface area contributed by atoms with Crippen molar-refractivity contribution in [3.8, 4) is 0 Å². The van der Waals surface area contributed by atoms with Crippen molar-refractivity contribution in [2.45, 2.75) is 76.5 Å². The van der Waals surface area contributed by atoms with Crippen molar-refractivity contribution in [1.82, 2.24) is 14.8 Å². The van der Waals surface area contributed by atoms with Gasteiger partial charge in [0.2, 0.25) is 5.91 Å². The molecule has 3 N–H and O–H groups in total. The van der Waals surface area contributed by atoms with Crippen molar-refractivity contribution < 1.29 is 9.63 Å². The molecule has 2 aromatic rings. The van der Waals surface area contributed by atoms with E-state index in [1.165, 1.54) is 32.1 Å². The number of carbonyl (C=O) groups excluding carboxylic acids is 1. The van der Waals surface area contributed by atoms with Gasteiger partial charge in [-0.05, 0) is 19.8 Å². The molecule has 2 aromatic heterocycles. The van der Waals surface area contributed by atoms with Crippen molar-refractivity contribution in [2.75, 3.05) is 5.32 Å². The highest BCUT2D eigenvalue weighted by molar-refractivity contribution is 6.11. The number of carbonyl (C=O) groups is 1. The van der Waals surface area contributed by atoms with Crippen molar-refractivity contribution in [3.63, 3.8) is 0 Å². The fraction of sp³-hybridized carbons (Fsp3) is 0.619. The second-order valence-electron chi connectivity index (χ2n) is 8.72. The lowest BCUT2D eigenvalue weighted by molar-refractivity contribution is -0.144. The summed E-state index contributed by atoms with van der Waals surface area (Å²) in [4.78, 5) is 21.9. The van der Waals surface area contributed by atoms with Gasteiger partial charge in [-0.2, -0.15) is 5.10 Å². The molecule has 2 fully saturated rings. The number of hydrogen-bond donors (Lipinski definition) is 2. The van der Waals surface area contributed by atoms with Crippen LogP contribution in [0.2, 0.25) is 0 Å². The van der Waals surface area contributed by atoms with Crippen molar-refractivity contribution in [2.24, 2.45) is 16.8 Å². The third-order valence-electron chi connectivity index (χ3n) is 6.71. The number of oxime groups is 1. The molecule has 0 bridgehead atoms. The van der Waals surface area contributed by atoms with Gasteiger partial charge < -0.3 is 15.9 Å². The van der Waals surface area contributed by atoms with Crippen LogP contribution in [0.4, 0.5) is 5.69 Å². The lowest BCUT2D eigenvalue weighted by Crippen LogP contribution is -2.49. The number of primary amides is 1. The Labute approximate surface area is 169 Å². The number of nitrogens with one attached hydrogen (secondary N) is 1. The highest BCUT2D eigenvalue weighted by Gasteiger charge is 2.53. The van der Waals surface area contributed by atoms with E-state index in [2.05, 4.69) is 22.5 Å². The number of amides is 1. The van der Waals surface area contributed by atoms with Gasteiger partial charge in [-0.15, -0.1) is 0 Å². The number of pyridine rings is 1. The second kappa shape index (κ2) is 7.00. The van der Waals surface area contributed by atoms with E-state index in [1.807, 2.05) is 17.1 Å². The SMILES string of the molecule is CCn1ncc2c(NC3CCCCC3)c(C3=NOC4(C3)CC(C(N)=O)C4)cnc21. The Hall–Kier alpha value is -2.64. The van der Waals surface area contributed by atoms with E-state index >= 15 is 0 Å². The van der Waals surface area contributed by atoms with Gasteiger partial charge in [0, 0.05) is 49.5 Å². The molecule has 1 spiro atoms. The molecule has 3 heterocycles. The first kappa shape index (κ1) is 18.4. The molecule has 0 aromatic carbocycles. The van der Waals surface area contributed by atoms with E-state index in [0.717, 1.165) is 34.5 Å². The summed E-state index contributed by atoms with van der Waals surface area (Å²) >= 11 is 0. The molecular weight excluding hydrogens is 368 g/mol. The average Bonchev–Trinajstić information content (AvgIpc) is 3.32. The Morgan fingerprint density at radius 3 is 2.83 bits per heavy atom. The molecule has 5 rings (SSSR count). The minimum atomic E-state index is -0.375. The van der Waals surface area contributed by atoms with Crippen LogP contribution in [0.1, 0.15) is 63.9 Å². The zero-order valence-electron chi connectivity index (χ0n) is 16.9. The maximum absolute atomic E-state index is 11.4. The summed E-state index contributed by atoms with van der Waals surface area (Å²) < 4.78 is 1.92. The van der Waals surface area contributed by atoms with Crippen LogP contribution in [0, 0.1) is 5.92 Å². The molecule has 3 aliphatic rings. The van der Waals surface area contributed by atoms with E-state index in [0.29, 0.717) is 25.3 Å². The molecule has 0 atom stereocenters. The van der Waals surface area contributed by atoms with Gasteiger partial charge in [-0.25, -0.2) is 9.67 Å². The number of nitrogens with two attached hydrogens (primary N) is 1. The number of nitrogens with zero attached hydrogens (tertiary/aromatic N) is 4. The Morgan fingerprint density at radius 2 is 2.10 bits per heavy atom. The molecule has 0 radical (unpaired) electrons. The van der Waals surface area contributed by atoms with Gasteiger partial charge >= 0.3 is 0 Å². The minimum absolute atomic E-state index is 0.104. The van der Waals surface area contributed by atoms with Gasteiger partial charge in [0.15, 0.2) is 5.65 Å². The van der Waals surface area contributed by atoms with Crippen LogP contribution in [0.5, 0.6) is 0 Å². The van der Waals surface area contributed by atoms with Crippen molar-refractivity contribution in [1.29, 1.82) is 0 Å². The minimum Gasteiger partial charge on any atom is -0.388 e. The van der Waals surface area contributed by atoms with Gasteiger partial charge in [0.25, 0.3) is 0 Å². The standard InChI is InChI=1S/C21H28N6O2/c1-2-27-20-16(12-24-27)18(25-14-6-4-3-5-7-14)15(11-23-20)17-10-21(29-26-17)8-13(9-21)19(22)28/h11-14H,2-10H2,1H3,(H2,22,28)(H,23,25). The first-order valence-electron chi connectivity index (χ1n) is 10.7. The number of fused-ring (bicyclic) bond motifs is 1. The summed E-state index contributed by atoms with van der Waals surface area (Å²) in [6.07, 6.45) is 12.0. The third-order valence-corrected chi connectivity index (χ3v) is 6.71. The van der Waals surface area contributed by atoms with Crippen LogP contribution >= 0.6 is 0 Å². The first-order chi connectivity index (χ1) is 14.1. The summed E-state index contributed by atoms with van der Waals surface area (Å²) in [6.45, 7) is 2.85. The Balaban J connectivity index is 1.47. The van der Waals surface area contributed by atoms with Crippen molar-refractivity contribution >= 4 is 28.3 Å². The fourth-order valence-electron chi connectivity index (χ4n) is 5.01. The largest absolute Gasteiger partial charge is 0.388 e. The van der Waals surface area contributed by atoms with Gasteiger partial charge in [-0.1, -0.05) is 24.4 Å². The summed E-state index contributed by atoms with van der Waals surface area (Å²) in [5.41, 5.74) is 8.89. The van der Waals surface area contributed by atoms with Gasteiger partial charge in [0.05, 0.1) is 23.0 Å². The summed E-state index contributed by atoms with van der Waals surface area (Å²) in [7, 11) is 0. The molecule has 1 aliphatic heterocycles. The third kappa shape index (κ3) is 3.14. The van der Waals surface area contributed by atoms with Gasteiger partial charge in [-0.3, -0.25) is 4.79 Å². The average molecular weight is 396 g/mol. The second-order valence-corrected chi connectivity index (χ2v) is 8.72. The van der Waals surface area contributed by atoms with E-state index < -0.39 is 0 Å². The Kier molecular flexibility index (Phi) is 4.44. The number of anilines is 1. The van der Waals surface area contributed by atoms with Crippen LogP contribution in [0.25, 0.3) is 11.0 Å².